The summed E-state index contributed by atoms with van der Waals surface area (Å²) in [6, 6.07) is 10.9. The van der Waals surface area contributed by atoms with E-state index in [1.54, 1.807) is 24.3 Å². The Morgan fingerprint density at radius 1 is 1.07 bits per heavy atom. The van der Waals surface area contributed by atoms with Crippen LogP contribution in [0.2, 0.25) is 0 Å². The molecular weight excluding hydrogens is 404 g/mol. The first kappa shape index (κ1) is 21.5. The van der Waals surface area contributed by atoms with Crippen LogP contribution in [-0.4, -0.2) is 24.6 Å². The van der Waals surface area contributed by atoms with Crippen LogP contribution in [0.3, 0.4) is 0 Å². The van der Waals surface area contributed by atoms with Gasteiger partial charge in [-0.2, -0.15) is 4.99 Å². The van der Waals surface area contributed by atoms with Gasteiger partial charge in [0, 0.05) is 13.0 Å². The van der Waals surface area contributed by atoms with Gasteiger partial charge in [-0.15, -0.1) is 0 Å². The first-order valence-electron chi connectivity index (χ1n) is 9.69. The van der Waals surface area contributed by atoms with Crippen LogP contribution < -0.4 is 4.80 Å². The molecule has 0 saturated heterocycles. The normalized spacial score (nSPS) is 12.6. The lowest BCUT2D eigenvalue weighted by molar-refractivity contribution is -0.117. The van der Waals surface area contributed by atoms with E-state index in [1.807, 2.05) is 6.92 Å². The number of fused-ring (bicyclic) bond motifs is 1. The van der Waals surface area contributed by atoms with E-state index >= 15 is 0 Å². The van der Waals surface area contributed by atoms with Crippen LogP contribution in [-0.2, 0) is 21.2 Å². The molecule has 0 unspecified atom stereocenters. The van der Waals surface area contributed by atoms with Gasteiger partial charge in [-0.1, -0.05) is 36.0 Å². The molecule has 1 amide bonds. The Balaban J connectivity index is 1.87. The monoisotopic (exact) mass is 430 g/mol. The number of hydrogen-bond donors (Lipinski definition) is 0. The van der Waals surface area contributed by atoms with Crippen molar-refractivity contribution >= 4 is 37.3 Å². The predicted octanol–water partition coefficient (Wildman–Crippen LogP) is 4.33. The highest BCUT2D eigenvalue weighted by molar-refractivity contribution is 7.91. The van der Waals surface area contributed by atoms with Gasteiger partial charge in [0.2, 0.25) is 5.91 Å². The molecule has 1 heterocycles. The molecule has 0 fully saturated rings. The average molecular weight is 431 g/mol. The molecule has 2 aromatic carbocycles. The minimum absolute atomic E-state index is 0.130. The Bertz CT molecular complexity index is 1220. The van der Waals surface area contributed by atoms with Crippen LogP contribution in [0.1, 0.15) is 36.5 Å². The lowest BCUT2D eigenvalue weighted by Gasteiger charge is -2.05. The minimum Gasteiger partial charge on any atom is -0.316 e. The van der Waals surface area contributed by atoms with Crippen molar-refractivity contribution in [2.45, 2.75) is 52.0 Å². The third-order valence-corrected chi connectivity index (χ3v) is 7.70. The molecule has 154 valence electrons. The molecule has 0 aliphatic heterocycles. The number of carbonyl (C=O) groups excluding carboxylic acids is 1. The molecular formula is C22H26N2O3S2. The van der Waals surface area contributed by atoms with E-state index in [9.17, 15) is 13.2 Å². The van der Waals surface area contributed by atoms with E-state index in [0.29, 0.717) is 4.80 Å². The molecule has 0 atom stereocenters. The molecule has 1 aromatic heterocycles. The second-order valence-electron chi connectivity index (χ2n) is 7.33. The van der Waals surface area contributed by atoms with Crippen molar-refractivity contribution in [1.82, 2.24) is 4.57 Å². The second kappa shape index (κ2) is 8.63. The molecule has 3 rings (SSSR count). The van der Waals surface area contributed by atoms with E-state index in [2.05, 4.69) is 42.5 Å². The van der Waals surface area contributed by atoms with Crippen molar-refractivity contribution in [3.05, 3.63) is 57.9 Å². The van der Waals surface area contributed by atoms with Gasteiger partial charge >= 0.3 is 0 Å². The summed E-state index contributed by atoms with van der Waals surface area (Å²) in [4.78, 5) is 17.6. The van der Waals surface area contributed by atoms with Gasteiger partial charge in [0.25, 0.3) is 0 Å². The van der Waals surface area contributed by atoms with Crippen molar-refractivity contribution < 1.29 is 13.2 Å². The van der Waals surface area contributed by atoms with Gasteiger partial charge in [0.1, 0.15) is 0 Å². The van der Waals surface area contributed by atoms with Crippen LogP contribution >= 0.6 is 11.3 Å². The highest BCUT2D eigenvalue weighted by Gasteiger charge is 2.16. The number of hydrogen-bond acceptors (Lipinski definition) is 4. The van der Waals surface area contributed by atoms with E-state index in [-0.39, 0.29) is 17.1 Å². The zero-order chi connectivity index (χ0) is 21.2. The minimum atomic E-state index is -3.50. The Labute approximate surface area is 175 Å². The van der Waals surface area contributed by atoms with Gasteiger partial charge in [-0.3, -0.25) is 4.79 Å². The molecule has 0 spiro atoms. The lowest BCUT2D eigenvalue weighted by Crippen LogP contribution is -2.18. The summed E-state index contributed by atoms with van der Waals surface area (Å²) in [6.45, 7) is 8.88. The first-order chi connectivity index (χ1) is 13.7. The van der Waals surface area contributed by atoms with Crippen LogP contribution in [0, 0.1) is 20.8 Å². The molecule has 0 aliphatic carbocycles. The van der Waals surface area contributed by atoms with E-state index in [1.165, 1.54) is 22.5 Å². The number of aryl methyl sites for hydroxylation is 4. The maximum absolute atomic E-state index is 12.5. The van der Waals surface area contributed by atoms with Gasteiger partial charge in [-0.25, -0.2) is 8.42 Å². The highest BCUT2D eigenvalue weighted by Crippen LogP contribution is 2.22. The number of aromatic nitrogens is 1. The number of sulfone groups is 1. The summed E-state index contributed by atoms with van der Waals surface area (Å²) in [5, 5.41) is 0. The lowest BCUT2D eigenvalue weighted by atomic mass is 10.1. The van der Waals surface area contributed by atoms with Crippen molar-refractivity contribution in [2.75, 3.05) is 5.75 Å². The molecule has 0 saturated carbocycles. The van der Waals surface area contributed by atoms with Crippen LogP contribution in [0.5, 0.6) is 0 Å². The maximum atomic E-state index is 12.5. The van der Waals surface area contributed by atoms with Gasteiger partial charge in [0.05, 0.1) is 20.9 Å². The highest BCUT2D eigenvalue weighted by atomic mass is 32.2. The number of rotatable bonds is 6. The smallest absolute Gasteiger partial charge is 0.249 e. The van der Waals surface area contributed by atoms with E-state index in [0.717, 1.165) is 28.7 Å². The van der Waals surface area contributed by atoms with Gasteiger partial charge in [0.15, 0.2) is 14.6 Å². The Kier molecular flexibility index (Phi) is 6.39. The summed E-state index contributed by atoms with van der Waals surface area (Å²) in [7, 11) is -3.50. The second-order valence-corrected chi connectivity index (χ2v) is 10.4. The molecule has 29 heavy (non-hydrogen) atoms. The summed E-state index contributed by atoms with van der Waals surface area (Å²) < 4.78 is 28.1. The van der Waals surface area contributed by atoms with Crippen LogP contribution in [0.4, 0.5) is 0 Å². The quantitative estimate of drug-likeness (QED) is 0.584. The molecule has 0 N–H and O–H groups in total. The molecule has 5 nitrogen and oxygen atoms in total. The number of amides is 1. The SMILES string of the molecule is CCCn1c(=NC(=O)CCS(=O)(=O)c2ccc(C)cc2)sc2cc(C)c(C)cc21. The largest absolute Gasteiger partial charge is 0.316 e. The Morgan fingerprint density at radius 3 is 2.38 bits per heavy atom. The Hall–Kier alpha value is -2.25. The van der Waals surface area contributed by atoms with Crippen LogP contribution in [0.25, 0.3) is 10.2 Å². The third kappa shape index (κ3) is 4.85. The predicted molar refractivity (Wildman–Crippen MR) is 118 cm³/mol. The molecule has 3 aromatic rings. The van der Waals surface area contributed by atoms with Crippen molar-refractivity contribution in [3.63, 3.8) is 0 Å². The summed E-state index contributed by atoms with van der Waals surface area (Å²) in [5.74, 6) is -0.652. The summed E-state index contributed by atoms with van der Waals surface area (Å²) in [6.07, 6.45) is 0.788. The number of carbonyl (C=O) groups is 1. The fraction of sp³-hybridized carbons (Fsp3) is 0.364. The summed E-state index contributed by atoms with van der Waals surface area (Å²) >= 11 is 1.47. The van der Waals surface area contributed by atoms with Crippen molar-refractivity contribution in [2.24, 2.45) is 4.99 Å². The molecule has 7 heteroatoms. The van der Waals surface area contributed by atoms with Crippen molar-refractivity contribution in [1.29, 1.82) is 0 Å². The van der Waals surface area contributed by atoms with Gasteiger partial charge in [-0.05, 0) is 62.6 Å². The maximum Gasteiger partial charge on any atom is 0.249 e. The van der Waals surface area contributed by atoms with Crippen LogP contribution in [0.15, 0.2) is 46.3 Å². The molecule has 0 bridgehead atoms. The van der Waals surface area contributed by atoms with Gasteiger partial charge < -0.3 is 4.57 Å². The zero-order valence-corrected chi connectivity index (χ0v) is 18.9. The Morgan fingerprint density at radius 2 is 1.72 bits per heavy atom. The topological polar surface area (TPSA) is 68.5 Å². The fourth-order valence-electron chi connectivity index (χ4n) is 3.09. The van der Waals surface area contributed by atoms with E-state index in [4.69, 9.17) is 0 Å². The first-order valence-corrected chi connectivity index (χ1v) is 12.2. The fourth-order valence-corrected chi connectivity index (χ4v) is 5.48. The zero-order valence-electron chi connectivity index (χ0n) is 17.2. The number of thiazole rings is 1. The number of nitrogens with zero attached hydrogens (tertiary/aromatic N) is 2. The third-order valence-electron chi connectivity index (χ3n) is 4.93. The average Bonchev–Trinajstić information content (AvgIpc) is 2.97. The summed E-state index contributed by atoms with van der Waals surface area (Å²) in [5.41, 5.74) is 4.45. The number of benzene rings is 2. The standard InChI is InChI=1S/C22H26N2O3S2/c1-5-11-24-19-13-16(3)17(4)14-20(19)28-22(24)23-21(25)10-12-29(26,27)18-8-6-15(2)7-9-18/h6-9,13-14H,5,10-12H2,1-4H3. The molecule has 0 radical (unpaired) electrons. The van der Waals surface area contributed by atoms with E-state index < -0.39 is 15.7 Å². The van der Waals surface area contributed by atoms with Crippen molar-refractivity contribution in [3.8, 4) is 0 Å². The molecule has 0 aliphatic rings.